The number of allylic oxidation sites excluding steroid dienone is 1. The zero-order chi connectivity index (χ0) is 14.2. The Hall–Kier alpha value is -2.22. The lowest BCUT2D eigenvalue weighted by Gasteiger charge is -2.03. The molecular formula is C18H20O2. The van der Waals surface area contributed by atoms with E-state index < -0.39 is 0 Å². The van der Waals surface area contributed by atoms with Gasteiger partial charge in [0.05, 0.1) is 14.2 Å². The summed E-state index contributed by atoms with van der Waals surface area (Å²) in [5.74, 6) is 1.80. The molecule has 20 heavy (non-hydrogen) atoms. The fourth-order valence-electron chi connectivity index (χ4n) is 2.04. The van der Waals surface area contributed by atoms with Crippen LogP contribution in [0.15, 0.2) is 54.6 Å². The van der Waals surface area contributed by atoms with E-state index in [0.29, 0.717) is 0 Å². The van der Waals surface area contributed by atoms with Gasteiger partial charge in [-0.15, -0.1) is 0 Å². The van der Waals surface area contributed by atoms with Gasteiger partial charge in [0.25, 0.3) is 0 Å². The highest BCUT2D eigenvalue weighted by Crippen LogP contribution is 2.16. The van der Waals surface area contributed by atoms with E-state index in [0.717, 1.165) is 29.9 Å². The Morgan fingerprint density at radius 2 is 1.60 bits per heavy atom. The molecule has 0 aliphatic carbocycles. The number of aryl methyl sites for hydroxylation is 1. The summed E-state index contributed by atoms with van der Waals surface area (Å²) in [5.41, 5.74) is 2.45. The van der Waals surface area contributed by atoms with Gasteiger partial charge in [-0.25, -0.2) is 0 Å². The van der Waals surface area contributed by atoms with Gasteiger partial charge in [-0.3, -0.25) is 0 Å². The Kier molecular flexibility index (Phi) is 5.24. The first-order valence-corrected chi connectivity index (χ1v) is 6.75. The first-order chi connectivity index (χ1) is 9.81. The first-order valence-electron chi connectivity index (χ1n) is 6.75. The number of methoxy groups -OCH3 is 2. The maximum atomic E-state index is 5.22. The van der Waals surface area contributed by atoms with Gasteiger partial charge < -0.3 is 9.47 Å². The van der Waals surface area contributed by atoms with Crippen molar-refractivity contribution in [3.05, 3.63) is 65.7 Å². The quantitative estimate of drug-likeness (QED) is 0.775. The Balaban J connectivity index is 1.89. The van der Waals surface area contributed by atoms with Crippen LogP contribution in [0.3, 0.4) is 0 Å². The van der Waals surface area contributed by atoms with E-state index in [4.69, 9.17) is 9.47 Å². The molecule has 2 aromatic carbocycles. The Morgan fingerprint density at radius 1 is 0.900 bits per heavy atom. The van der Waals surface area contributed by atoms with Crippen LogP contribution in [-0.2, 0) is 6.42 Å². The monoisotopic (exact) mass is 268 g/mol. The van der Waals surface area contributed by atoms with Crippen LogP contribution < -0.4 is 9.47 Å². The molecule has 2 rings (SSSR count). The van der Waals surface area contributed by atoms with Crippen molar-refractivity contribution >= 4 is 6.08 Å². The van der Waals surface area contributed by atoms with Crippen LogP contribution in [0, 0.1) is 0 Å². The van der Waals surface area contributed by atoms with Crippen LogP contribution in [0.1, 0.15) is 17.5 Å². The molecular weight excluding hydrogens is 248 g/mol. The van der Waals surface area contributed by atoms with Gasteiger partial charge in [-0.05, 0) is 48.2 Å². The van der Waals surface area contributed by atoms with Gasteiger partial charge in [-0.2, -0.15) is 0 Å². The Morgan fingerprint density at radius 3 is 2.35 bits per heavy atom. The van der Waals surface area contributed by atoms with Crippen LogP contribution in [0.4, 0.5) is 0 Å². The molecule has 104 valence electrons. The third-order valence-corrected chi connectivity index (χ3v) is 3.14. The average Bonchev–Trinajstić information content (AvgIpc) is 2.52. The Labute approximate surface area is 120 Å². The minimum atomic E-state index is 0.889. The molecule has 2 nitrogen and oxygen atoms in total. The summed E-state index contributed by atoms with van der Waals surface area (Å²) in [6.45, 7) is 0. The largest absolute Gasteiger partial charge is 0.497 e. The van der Waals surface area contributed by atoms with Gasteiger partial charge in [0.1, 0.15) is 11.5 Å². The smallest absolute Gasteiger partial charge is 0.119 e. The third-order valence-electron chi connectivity index (χ3n) is 3.14. The fourth-order valence-corrected chi connectivity index (χ4v) is 2.04. The lowest BCUT2D eigenvalue weighted by Crippen LogP contribution is -1.87. The molecule has 0 aliphatic heterocycles. The Bertz CT molecular complexity index is 573. The highest BCUT2D eigenvalue weighted by molar-refractivity contribution is 5.51. The molecule has 0 aromatic heterocycles. The molecule has 0 N–H and O–H groups in total. The molecule has 0 atom stereocenters. The van der Waals surface area contributed by atoms with E-state index in [9.17, 15) is 0 Å². The molecule has 0 aliphatic rings. The van der Waals surface area contributed by atoms with Crippen molar-refractivity contribution in [1.29, 1.82) is 0 Å². The minimum Gasteiger partial charge on any atom is -0.497 e. The van der Waals surface area contributed by atoms with Crippen LogP contribution >= 0.6 is 0 Å². The number of rotatable bonds is 6. The van der Waals surface area contributed by atoms with E-state index in [1.807, 2.05) is 30.3 Å². The SMILES string of the molecule is COc1cccc(/C=C/CCc2cccc(OC)c2)c1. The highest BCUT2D eigenvalue weighted by Gasteiger charge is 1.95. The van der Waals surface area contributed by atoms with Crippen molar-refractivity contribution < 1.29 is 9.47 Å². The summed E-state index contributed by atoms with van der Waals surface area (Å²) < 4.78 is 10.4. The third kappa shape index (κ3) is 4.16. The second-order valence-electron chi connectivity index (χ2n) is 4.57. The normalized spacial score (nSPS) is 10.7. The molecule has 0 saturated heterocycles. The van der Waals surface area contributed by atoms with Gasteiger partial charge in [0.15, 0.2) is 0 Å². The second kappa shape index (κ2) is 7.39. The summed E-state index contributed by atoms with van der Waals surface area (Å²) in [7, 11) is 3.38. The summed E-state index contributed by atoms with van der Waals surface area (Å²) in [6.07, 6.45) is 6.33. The van der Waals surface area contributed by atoms with Crippen molar-refractivity contribution in [2.75, 3.05) is 14.2 Å². The number of hydrogen-bond donors (Lipinski definition) is 0. The van der Waals surface area contributed by atoms with E-state index in [1.54, 1.807) is 14.2 Å². The highest BCUT2D eigenvalue weighted by atomic mass is 16.5. The maximum absolute atomic E-state index is 5.22. The maximum Gasteiger partial charge on any atom is 0.119 e. The zero-order valence-electron chi connectivity index (χ0n) is 12.0. The second-order valence-corrected chi connectivity index (χ2v) is 4.57. The lowest BCUT2D eigenvalue weighted by atomic mass is 10.1. The minimum absolute atomic E-state index is 0.889. The van der Waals surface area contributed by atoms with E-state index in [2.05, 4.69) is 30.4 Å². The summed E-state index contributed by atoms with van der Waals surface area (Å²) in [4.78, 5) is 0. The topological polar surface area (TPSA) is 18.5 Å². The number of hydrogen-bond acceptors (Lipinski definition) is 2. The van der Waals surface area contributed by atoms with Crippen molar-refractivity contribution in [3.8, 4) is 11.5 Å². The van der Waals surface area contributed by atoms with E-state index in [1.165, 1.54) is 5.56 Å². The molecule has 0 amide bonds. The van der Waals surface area contributed by atoms with Crippen LogP contribution in [0.5, 0.6) is 11.5 Å². The van der Waals surface area contributed by atoms with Crippen LogP contribution in [0.25, 0.3) is 6.08 Å². The molecule has 0 radical (unpaired) electrons. The first kappa shape index (κ1) is 14.2. The standard InChI is InChI=1S/C18H20O2/c1-19-17-11-5-9-15(13-17)7-3-4-8-16-10-6-12-18(14-16)20-2/h3,5-7,9-14H,4,8H2,1-2H3/b7-3+. The molecule has 0 saturated carbocycles. The summed E-state index contributed by atoms with van der Waals surface area (Å²) in [5, 5.41) is 0. The molecule has 0 fully saturated rings. The van der Waals surface area contributed by atoms with Crippen LogP contribution in [0.2, 0.25) is 0 Å². The molecule has 0 unspecified atom stereocenters. The predicted octanol–water partition coefficient (Wildman–Crippen LogP) is 4.35. The van der Waals surface area contributed by atoms with E-state index in [-0.39, 0.29) is 0 Å². The van der Waals surface area contributed by atoms with Crippen molar-refractivity contribution in [2.24, 2.45) is 0 Å². The predicted molar refractivity (Wildman–Crippen MR) is 83.3 cm³/mol. The van der Waals surface area contributed by atoms with Gasteiger partial charge in [0, 0.05) is 0 Å². The molecule has 0 spiro atoms. The molecule has 2 aromatic rings. The average molecular weight is 268 g/mol. The number of benzene rings is 2. The van der Waals surface area contributed by atoms with Crippen molar-refractivity contribution in [2.45, 2.75) is 12.8 Å². The van der Waals surface area contributed by atoms with Gasteiger partial charge in [0.2, 0.25) is 0 Å². The van der Waals surface area contributed by atoms with Crippen molar-refractivity contribution in [3.63, 3.8) is 0 Å². The molecule has 0 bridgehead atoms. The summed E-state index contributed by atoms with van der Waals surface area (Å²) >= 11 is 0. The fraction of sp³-hybridized carbons (Fsp3) is 0.222. The zero-order valence-corrected chi connectivity index (χ0v) is 12.0. The van der Waals surface area contributed by atoms with Crippen molar-refractivity contribution in [1.82, 2.24) is 0 Å². The summed E-state index contributed by atoms with van der Waals surface area (Å²) in [6, 6.07) is 16.3. The van der Waals surface area contributed by atoms with Gasteiger partial charge >= 0.3 is 0 Å². The van der Waals surface area contributed by atoms with E-state index >= 15 is 0 Å². The molecule has 0 heterocycles. The number of ether oxygens (including phenoxy) is 2. The molecule has 2 heteroatoms. The van der Waals surface area contributed by atoms with Gasteiger partial charge in [-0.1, -0.05) is 36.4 Å². The van der Waals surface area contributed by atoms with Crippen LogP contribution in [-0.4, -0.2) is 14.2 Å². The lowest BCUT2D eigenvalue weighted by molar-refractivity contribution is 0.414.